The van der Waals surface area contributed by atoms with Crippen molar-refractivity contribution in [3.05, 3.63) is 35.5 Å². The summed E-state index contributed by atoms with van der Waals surface area (Å²) in [5, 5.41) is 1.41. The van der Waals surface area contributed by atoms with Crippen molar-refractivity contribution in [2.45, 2.75) is 31.2 Å². The van der Waals surface area contributed by atoms with Gasteiger partial charge in [-0.15, -0.1) is 0 Å². The fourth-order valence-electron chi connectivity index (χ4n) is 4.49. The van der Waals surface area contributed by atoms with E-state index < -0.39 is 0 Å². The van der Waals surface area contributed by atoms with Gasteiger partial charge in [-0.2, -0.15) is 0 Å². The predicted octanol–water partition coefficient (Wildman–Crippen LogP) is 2.00. The molecule has 1 aliphatic heterocycles. The molecule has 21 heavy (non-hydrogen) atoms. The molecule has 0 radical (unpaired) electrons. The lowest BCUT2D eigenvalue weighted by molar-refractivity contribution is -0.119. The van der Waals surface area contributed by atoms with Gasteiger partial charge in [0.25, 0.3) is 0 Å². The third-order valence-corrected chi connectivity index (χ3v) is 5.30. The van der Waals surface area contributed by atoms with E-state index in [0.717, 1.165) is 19.4 Å². The third-order valence-electron chi connectivity index (χ3n) is 5.30. The van der Waals surface area contributed by atoms with Crippen LogP contribution in [0.5, 0.6) is 0 Å². The van der Waals surface area contributed by atoms with Crippen LogP contribution in [0.1, 0.15) is 29.9 Å². The van der Waals surface area contributed by atoms with Gasteiger partial charge in [0.2, 0.25) is 5.91 Å². The molecule has 0 spiro atoms. The molecule has 2 aliphatic rings. The number of carbonyl (C=O) groups excluding carboxylic acids is 1. The Bertz CT molecular complexity index is 705. The number of likely N-dealkylation sites (tertiary alicyclic amines) is 1. The predicted molar refractivity (Wildman–Crippen MR) is 83.1 cm³/mol. The van der Waals surface area contributed by atoms with E-state index in [9.17, 15) is 4.79 Å². The molecule has 1 aromatic heterocycles. The van der Waals surface area contributed by atoms with Gasteiger partial charge in [0.05, 0.1) is 0 Å². The van der Waals surface area contributed by atoms with Gasteiger partial charge in [-0.25, -0.2) is 0 Å². The molecule has 2 heterocycles. The van der Waals surface area contributed by atoms with Crippen molar-refractivity contribution in [2.75, 3.05) is 13.6 Å². The molecule has 1 saturated heterocycles. The lowest BCUT2D eigenvalue weighted by Crippen LogP contribution is -2.48. The first-order valence-corrected chi connectivity index (χ1v) is 7.71. The van der Waals surface area contributed by atoms with E-state index in [2.05, 4.69) is 41.3 Å². The third kappa shape index (κ3) is 1.97. The number of aromatic amines is 1. The first kappa shape index (κ1) is 12.9. The monoisotopic (exact) mass is 283 g/mol. The number of carbonyl (C=O) groups is 1. The molecule has 2 aromatic rings. The Labute approximate surface area is 124 Å². The second-order valence-corrected chi connectivity index (χ2v) is 6.67. The molecule has 1 amide bonds. The van der Waals surface area contributed by atoms with Crippen LogP contribution in [0.2, 0.25) is 0 Å². The zero-order valence-corrected chi connectivity index (χ0v) is 12.3. The molecule has 3 N–H and O–H groups in total. The average molecular weight is 283 g/mol. The van der Waals surface area contributed by atoms with Crippen molar-refractivity contribution in [3.8, 4) is 0 Å². The summed E-state index contributed by atoms with van der Waals surface area (Å²) in [6.07, 6.45) is 4.83. The van der Waals surface area contributed by atoms with Crippen molar-refractivity contribution in [3.63, 3.8) is 0 Å². The van der Waals surface area contributed by atoms with Gasteiger partial charge in [0.1, 0.15) is 0 Å². The van der Waals surface area contributed by atoms with Gasteiger partial charge in [-0.05, 0) is 43.0 Å². The molecule has 4 nitrogen and oxygen atoms in total. The van der Waals surface area contributed by atoms with E-state index in [1.165, 1.54) is 22.0 Å². The second-order valence-electron chi connectivity index (χ2n) is 6.67. The van der Waals surface area contributed by atoms with E-state index in [1.807, 2.05) is 0 Å². The summed E-state index contributed by atoms with van der Waals surface area (Å²) >= 11 is 0. The molecular formula is C17H21N3O. The van der Waals surface area contributed by atoms with Crippen molar-refractivity contribution < 1.29 is 4.79 Å². The first-order valence-electron chi connectivity index (χ1n) is 7.71. The topological polar surface area (TPSA) is 62.1 Å². The molecule has 0 saturated carbocycles. The highest BCUT2D eigenvalue weighted by Gasteiger charge is 2.39. The number of nitrogens with one attached hydrogen (secondary N) is 1. The minimum Gasteiger partial charge on any atom is -0.370 e. The maximum absolute atomic E-state index is 11.3. The Morgan fingerprint density at radius 1 is 1.48 bits per heavy atom. The van der Waals surface area contributed by atoms with E-state index in [-0.39, 0.29) is 5.91 Å². The molecule has 4 rings (SSSR count). The van der Waals surface area contributed by atoms with Crippen LogP contribution < -0.4 is 5.73 Å². The summed E-state index contributed by atoms with van der Waals surface area (Å²) in [5.41, 5.74) is 9.53. The second kappa shape index (κ2) is 4.60. The Morgan fingerprint density at radius 2 is 2.33 bits per heavy atom. The van der Waals surface area contributed by atoms with Gasteiger partial charge < -0.3 is 15.6 Å². The number of piperidine rings is 1. The Kier molecular flexibility index (Phi) is 2.82. The highest BCUT2D eigenvalue weighted by atomic mass is 16.1. The number of primary amides is 1. The van der Waals surface area contributed by atoms with Gasteiger partial charge in [-0.3, -0.25) is 4.79 Å². The quantitative estimate of drug-likeness (QED) is 0.885. The van der Waals surface area contributed by atoms with Crippen LogP contribution in [0, 0.1) is 5.92 Å². The number of benzene rings is 1. The number of aromatic nitrogens is 1. The maximum Gasteiger partial charge on any atom is 0.217 e. The fourth-order valence-corrected chi connectivity index (χ4v) is 4.49. The zero-order chi connectivity index (χ0) is 14.6. The number of hydrogen-bond donors (Lipinski definition) is 2. The number of rotatable bonds is 2. The SMILES string of the molecule is CN1C[C@@H](CC(N)=O)CC2c3cccc4[nH]cc(c34)C[C@H]21. The summed E-state index contributed by atoms with van der Waals surface area (Å²) < 4.78 is 0. The van der Waals surface area contributed by atoms with Crippen molar-refractivity contribution >= 4 is 16.8 Å². The van der Waals surface area contributed by atoms with Gasteiger partial charge in [0, 0.05) is 42.0 Å². The highest BCUT2D eigenvalue weighted by Crippen LogP contribution is 2.44. The summed E-state index contributed by atoms with van der Waals surface area (Å²) in [6.45, 7) is 0.972. The molecule has 1 aromatic carbocycles. The van der Waals surface area contributed by atoms with Crippen molar-refractivity contribution in [2.24, 2.45) is 11.7 Å². The highest BCUT2D eigenvalue weighted by molar-refractivity contribution is 5.88. The lowest BCUT2D eigenvalue weighted by atomic mass is 9.72. The van der Waals surface area contributed by atoms with Crippen LogP contribution in [0.15, 0.2) is 24.4 Å². The molecule has 0 bridgehead atoms. The molecule has 1 unspecified atom stereocenters. The normalized spacial score (nSPS) is 28.5. The number of amides is 1. The number of likely N-dealkylation sites (N-methyl/N-ethyl adjacent to an activating group) is 1. The van der Waals surface area contributed by atoms with E-state index in [4.69, 9.17) is 5.73 Å². The van der Waals surface area contributed by atoms with Crippen molar-refractivity contribution in [1.82, 2.24) is 9.88 Å². The lowest BCUT2D eigenvalue weighted by Gasteiger charge is -2.45. The summed E-state index contributed by atoms with van der Waals surface area (Å²) in [5.74, 6) is 0.716. The summed E-state index contributed by atoms with van der Waals surface area (Å²) in [6, 6.07) is 7.09. The standard InChI is InChI=1S/C17H21N3O/c1-20-9-10(6-16(18)21)5-13-12-3-2-4-14-17(12)11(8-19-14)7-15(13)20/h2-4,8,10,13,15,19H,5-7,9H2,1H3,(H2,18,21)/t10-,13?,15-/m1/s1. The van der Waals surface area contributed by atoms with Crippen LogP contribution in [-0.2, 0) is 11.2 Å². The summed E-state index contributed by atoms with van der Waals surface area (Å²) in [4.78, 5) is 17.1. The number of H-pyrrole nitrogens is 1. The number of fused-ring (bicyclic) bond motifs is 2. The fraction of sp³-hybridized carbons (Fsp3) is 0.471. The van der Waals surface area contributed by atoms with Crippen LogP contribution >= 0.6 is 0 Å². The average Bonchev–Trinajstić information content (AvgIpc) is 2.84. The van der Waals surface area contributed by atoms with E-state index >= 15 is 0 Å². The molecule has 1 fully saturated rings. The van der Waals surface area contributed by atoms with Crippen LogP contribution in [0.3, 0.4) is 0 Å². The molecule has 3 atom stereocenters. The molecule has 1 aliphatic carbocycles. The number of nitrogens with two attached hydrogens (primary N) is 1. The van der Waals surface area contributed by atoms with E-state index in [1.54, 1.807) is 0 Å². The van der Waals surface area contributed by atoms with Crippen LogP contribution in [0.25, 0.3) is 10.9 Å². The minimum atomic E-state index is -0.178. The molecule has 110 valence electrons. The number of hydrogen-bond acceptors (Lipinski definition) is 2. The molecular weight excluding hydrogens is 262 g/mol. The maximum atomic E-state index is 11.3. The van der Waals surface area contributed by atoms with Gasteiger partial charge >= 0.3 is 0 Å². The van der Waals surface area contributed by atoms with Crippen LogP contribution in [-0.4, -0.2) is 35.4 Å². The van der Waals surface area contributed by atoms with Gasteiger partial charge in [0.15, 0.2) is 0 Å². The zero-order valence-electron chi connectivity index (χ0n) is 12.3. The molecule has 4 heteroatoms. The smallest absolute Gasteiger partial charge is 0.217 e. The van der Waals surface area contributed by atoms with Gasteiger partial charge in [-0.1, -0.05) is 12.1 Å². The van der Waals surface area contributed by atoms with Crippen molar-refractivity contribution in [1.29, 1.82) is 0 Å². The largest absolute Gasteiger partial charge is 0.370 e. The Morgan fingerprint density at radius 3 is 3.14 bits per heavy atom. The van der Waals surface area contributed by atoms with E-state index in [0.29, 0.717) is 24.3 Å². The Balaban J connectivity index is 1.76. The van der Waals surface area contributed by atoms with Crippen LogP contribution in [0.4, 0.5) is 0 Å². The Hall–Kier alpha value is -1.81. The first-order chi connectivity index (χ1) is 10.1. The summed E-state index contributed by atoms with van der Waals surface area (Å²) in [7, 11) is 2.18. The number of nitrogens with zero attached hydrogens (tertiary/aromatic N) is 1. The minimum absolute atomic E-state index is 0.178.